The molecule has 0 aliphatic carbocycles. The number of nitrogens with zero attached hydrogens (tertiary/aromatic N) is 1. The van der Waals surface area contributed by atoms with E-state index < -0.39 is 0 Å². The standard InChI is InChI=1S/C5H5N.C4H4S.C2H2/c1-2-4-6-5-3-1;1-2-4-5-3-1;1-2/h1-5H;1-4H;1-2H. The molecule has 2 aromatic heterocycles. The van der Waals surface area contributed by atoms with Crippen LogP contribution in [-0.2, 0) is 0 Å². The summed E-state index contributed by atoms with van der Waals surface area (Å²) in [7, 11) is 0. The van der Waals surface area contributed by atoms with Crippen molar-refractivity contribution >= 4 is 11.3 Å². The zero-order valence-electron chi connectivity index (χ0n) is 7.21. The topological polar surface area (TPSA) is 12.9 Å². The molecule has 0 aliphatic rings. The van der Waals surface area contributed by atoms with Crippen molar-refractivity contribution in [3.8, 4) is 12.8 Å². The highest BCUT2D eigenvalue weighted by molar-refractivity contribution is 7.07. The number of hydrogen-bond donors (Lipinski definition) is 0. The van der Waals surface area contributed by atoms with E-state index in [0.717, 1.165) is 0 Å². The first-order valence-corrected chi connectivity index (χ1v) is 4.60. The molecule has 0 aliphatic heterocycles. The van der Waals surface area contributed by atoms with Crippen LogP contribution >= 0.6 is 11.3 Å². The van der Waals surface area contributed by atoms with E-state index in [2.05, 4.69) is 17.8 Å². The van der Waals surface area contributed by atoms with Crippen molar-refractivity contribution in [2.45, 2.75) is 0 Å². The molecule has 66 valence electrons. The molecular formula is C11H11NS. The lowest BCUT2D eigenvalue weighted by Crippen LogP contribution is -1.58. The summed E-state index contributed by atoms with van der Waals surface area (Å²) in [6.45, 7) is 0. The first kappa shape index (κ1) is 11.4. The summed E-state index contributed by atoms with van der Waals surface area (Å²) in [5.41, 5.74) is 0. The van der Waals surface area contributed by atoms with E-state index in [0.29, 0.717) is 0 Å². The third-order valence-electron chi connectivity index (χ3n) is 0.992. The van der Waals surface area contributed by atoms with Crippen LogP contribution in [0.3, 0.4) is 0 Å². The third-order valence-corrected chi connectivity index (χ3v) is 1.62. The molecule has 0 saturated heterocycles. The number of rotatable bonds is 0. The van der Waals surface area contributed by atoms with Crippen molar-refractivity contribution in [2.75, 3.05) is 0 Å². The summed E-state index contributed by atoms with van der Waals surface area (Å²) >= 11 is 1.71. The minimum absolute atomic E-state index is 1.71. The molecule has 0 saturated carbocycles. The lowest BCUT2D eigenvalue weighted by Gasteiger charge is -1.70. The highest BCUT2D eigenvalue weighted by Crippen LogP contribution is 1.91. The molecule has 0 aromatic carbocycles. The summed E-state index contributed by atoms with van der Waals surface area (Å²) < 4.78 is 0. The Bertz CT molecular complexity index is 229. The highest BCUT2D eigenvalue weighted by atomic mass is 32.1. The second kappa shape index (κ2) is 10.4. The van der Waals surface area contributed by atoms with Gasteiger partial charge in [0.15, 0.2) is 0 Å². The summed E-state index contributed by atoms with van der Waals surface area (Å²) in [5.74, 6) is 0. The van der Waals surface area contributed by atoms with Gasteiger partial charge in [-0.2, -0.15) is 11.3 Å². The Kier molecular flexibility index (Phi) is 9.14. The Labute approximate surface area is 83.1 Å². The van der Waals surface area contributed by atoms with Gasteiger partial charge in [-0.15, -0.1) is 12.8 Å². The molecule has 0 fully saturated rings. The van der Waals surface area contributed by atoms with E-state index in [1.165, 1.54) is 0 Å². The molecule has 2 heterocycles. The van der Waals surface area contributed by atoms with Crippen LogP contribution in [0.2, 0.25) is 0 Å². The van der Waals surface area contributed by atoms with Crippen LogP contribution in [0, 0.1) is 12.8 Å². The lowest BCUT2D eigenvalue weighted by atomic mass is 10.5. The van der Waals surface area contributed by atoms with Crippen molar-refractivity contribution in [3.05, 3.63) is 53.5 Å². The molecule has 0 unspecified atom stereocenters. The van der Waals surface area contributed by atoms with Gasteiger partial charge in [0.1, 0.15) is 0 Å². The highest BCUT2D eigenvalue weighted by Gasteiger charge is 1.59. The zero-order chi connectivity index (χ0) is 9.78. The van der Waals surface area contributed by atoms with E-state index >= 15 is 0 Å². The minimum atomic E-state index is 1.71. The average Bonchev–Trinajstić information content (AvgIpc) is 2.82. The normalized spacial score (nSPS) is 6.92. The fraction of sp³-hybridized carbons (Fsp3) is 0. The predicted octanol–water partition coefficient (Wildman–Crippen LogP) is 3.08. The van der Waals surface area contributed by atoms with Crippen LogP contribution in [0.25, 0.3) is 0 Å². The number of pyridine rings is 1. The Morgan fingerprint density at radius 2 is 1.31 bits per heavy atom. The van der Waals surface area contributed by atoms with Gasteiger partial charge >= 0.3 is 0 Å². The summed E-state index contributed by atoms with van der Waals surface area (Å²) in [6, 6.07) is 9.75. The van der Waals surface area contributed by atoms with Gasteiger partial charge in [0.2, 0.25) is 0 Å². The second-order valence-corrected chi connectivity index (χ2v) is 2.63. The molecule has 2 heteroatoms. The Hall–Kier alpha value is -1.59. The van der Waals surface area contributed by atoms with Gasteiger partial charge in [0, 0.05) is 12.4 Å². The van der Waals surface area contributed by atoms with E-state index in [9.17, 15) is 0 Å². The monoisotopic (exact) mass is 189 g/mol. The van der Waals surface area contributed by atoms with Gasteiger partial charge in [-0.05, 0) is 22.9 Å². The van der Waals surface area contributed by atoms with Crippen LogP contribution in [0.5, 0.6) is 0 Å². The Balaban J connectivity index is 0.000000189. The number of aromatic nitrogens is 1. The average molecular weight is 189 g/mol. The van der Waals surface area contributed by atoms with Gasteiger partial charge in [-0.3, -0.25) is 4.98 Å². The maximum Gasteiger partial charge on any atom is 0.0267 e. The van der Waals surface area contributed by atoms with Crippen LogP contribution in [0.1, 0.15) is 0 Å². The van der Waals surface area contributed by atoms with Gasteiger partial charge < -0.3 is 0 Å². The minimum Gasteiger partial charge on any atom is -0.265 e. The predicted molar refractivity (Wildman–Crippen MR) is 58.4 cm³/mol. The Morgan fingerprint density at radius 3 is 1.46 bits per heavy atom. The molecule has 0 spiro atoms. The first-order chi connectivity index (χ1) is 6.50. The summed E-state index contributed by atoms with van der Waals surface area (Å²) in [4.78, 5) is 3.78. The molecule has 0 N–H and O–H groups in total. The molecule has 2 rings (SSSR count). The molecule has 0 radical (unpaired) electrons. The van der Waals surface area contributed by atoms with Crippen molar-refractivity contribution in [1.82, 2.24) is 4.98 Å². The van der Waals surface area contributed by atoms with E-state index in [4.69, 9.17) is 0 Å². The van der Waals surface area contributed by atoms with Crippen molar-refractivity contribution in [3.63, 3.8) is 0 Å². The molecule has 0 atom stereocenters. The van der Waals surface area contributed by atoms with Crippen LogP contribution < -0.4 is 0 Å². The number of thiophene rings is 1. The van der Waals surface area contributed by atoms with Crippen LogP contribution in [0.4, 0.5) is 0 Å². The first-order valence-electron chi connectivity index (χ1n) is 3.65. The molecule has 0 bridgehead atoms. The third kappa shape index (κ3) is 8.32. The molecule has 0 amide bonds. The number of terminal acetylenes is 1. The van der Waals surface area contributed by atoms with E-state index in [-0.39, 0.29) is 0 Å². The number of hydrogen-bond acceptors (Lipinski definition) is 2. The second-order valence-electron chi connectivity index (χ2n) is 1.82. The SMILES string of the molecule is C#C.c1ccncc1.c1ccsc1. The van der Waals surface area contributed by atoms with Gasteiger partial charge in [-0.25, -0.2) is 0 Å². The largest absolute Gasteiger partial charge is 0.265 e. The van der Waals surface area contributed by atoms with Gasteiger partial charge in [0.05, 0.1) is 0 Å². The molecule has 2 aromatic rings. The summed E-state index contributed by atoms with van der Waals surface area (Å²) in [6.07, 6.45) is 11.5. The van der Waals surface area contributed by atoms with E-state index in [1.54, 1.807) is 23.7 Å². The van der Waals surface area contributed by atoms with Gasteiger partial charge in [0.25, 0.3) is 0 Å². The Morgan fingerprint density at radius 1 is 0.769 bits per heavy atom. The summed E-state index contributed by atoms with van der Waals surface area (Å²) in [5, 5.41) is 4.08. The van der Waals surface area contributed by atoms with Crippen LogP contribution in [-0.4, -0.2) is 4.98 Å². The maximum absolute atomic E-state index is 4.00. The fourth-order valence-corrected chi connectivity index (χ4v) is 0.993. The molecule has 1 nitrogen and oxygen atoms in total. The van der Waals surface area contributed by atoms with Crippen molar-refractivity contribution in [1.29, 1.82) is 0 Å². The van der Waals surface area contributed by atoms with Crippen molar-refractivity contribution < 1.29 is 0 Å². The zero-order valence-corrected chi connectivity index (χ0v) is 8.02. The molecule has 13 heavy (non-hydrogen) atoms. The van der Waals surface area contributed by atoms with Crippen LogP contribution in [0.15, 0.2) is 53.5 Å². The van der Waals surface area contributed by atoms with Crippen molar-refractivity contribution in [2.24, 2.45) is 0 Å². The fourth-order valence-electron chi connectivity index (χ4n) is 0.539. The molecular weight excluding hydrogens is 178 g/mol. The van der Waals surface area contributed by atoms with E-state index in [1.807, 2.05) is 41.1 Å². The maximum atomic E-state index is 4.00. The smallest absolute Gasteiger partial charge is 0.0267 e. The lowest BCUT2D eigenvalue weighted by molar-refractivity contribution is 1.33. The quantitative estimate of drug-likeness (QED) is 0.580. The van der Waals surface area contributed by atoms with Gasteiger partial charge in [-0.1, -0.05) is 18.2 Å².